The zero-order valence-electron chi connectivity index (χ0n) is 9.35. The minimum atomic E-state index is 0.315. The van der Waals surface area contributed by atoms with Crippen LogP contribution in [0.3, 0.4) is 0 Å². The molecule has 0 aliphatic rings. The van der Waals surface area contributed by atoms with Crippen LogP contribution in [0.2, 0.25) is 0 Å². The Morgan fingerprint density at radius 1 is 1.33 bits per heavy atom. The van der Waals surface area contributed by atoms with Crippen molar-refractivity contribution >= 4 is 23.2 Å². The Morgan fingerprint density at radius 3 is 2.53 bits per heavy atom. The molecule has 0 saturated carbocycles. The molecule has 0 saturated heterocycles. The first-order valence-corrected chi connectivity index (χ1v) is 5.90. The first-order valence-electron chi connectivity index (χ1n) is 5.15. The summed E-state index contributed by atoms with van der Waals surface area (Å²) in [5, 5.41) is 0. The lowest BCUT2D eigenvalue weighted by Crippen LogP contribution is -1.98. The maximum atomic E-state index is 5.72. The molecule has 1 rings (SSSR count). The molecule has 0 aliphatic carbocycles. The largest absolute Gasteiger partial charge is 0.103 e. The predicted octanol–water partition coefficient (Wildman–Crippen LogP) is 5.12. The summed E-state index contributed by atoms with van der Waals surface area (Å²) >= 11 is 11.4. The van der Waals surface area contributed by atoms with E-state index >= 15 is 0 Å². The zero-order chi connectivity index (χ0) is 11.4. The van der Waals surface area contributed by atoms with E-state index in [9.17, 15) is 0 Å². The van der Waals surface area contributed by atoms with Gasteiger partial charge < -0.3 is 0 Å². The number of benzene rings is 1. The third-order valence-corrected chi connectivity index (χ3v) is 3.06. The molecule has 0 radical (unpaired) electrons. The SMILES string of the molecule is CCC(C=C(Cl)Cl)c1cccc(C)c1C. The molecule has 82 valence electrons. The van der Waals surface area contributed by atoms with Gasteiger partial charge in [-0.05, 0) is 43.0 Å². The third kappa shape index (κ3) is 3.25. The minimum absolute atomic E-state index is 0.315. The van der Waals surface area contributed by atoms with Crippen LogP contribution in [0.5, 0.6) is 0 Å². The Hall–Kier alpha value is -0.460. The second-order valence-electron chi connectivity index (χ2n) is 3.76. The van der Waals surface area contributed by atoms with Gasteiger partial charge in [-0.25, -0.2) is 0 Å². The predicted molar refractivity (Wildman–Crippen MR) is 68.7 cm³/mol. The highest BCUT2D eigenvalue weighted by Gasteiger charge is 2.10. The Morgan fingerprint density at radius 2 is 2.00 bits per heavy atom. The minimum Gasteiger partial charge on any atom is -0.0712 e. The van der Waals surface area contributed by atoms with Gasteiger partial charge in [0.15, 0.2) is 0 Å². The number of hydrogen-bond acceptors (Lipinski definition) is 0. The van der Waals surface area contributed by atoms with Crippen molar-refractivity contribution in [2.45, 2.75) is 33.1 Å². The lowest BCUT2D eigenvalue weighted by atomic mass is 9.91. The summed E-state index contributed by atoms with van der Waals surface area (Å²) in [6.07, 6.45) is 2.91. The van der Waals surface area contributed by atoms with Gasteiger partial charge in [0.25, 0.3) is 0 Å². The Kier molecular flexibility index (Phi) is 4.69. The summed E-state index contributed by atoms with van der Waals surface area (Å²) in [6, 6.07) is 6.34. The van der Waals surface area contributed by atoms with E-state index in [1.165, 1.54) is 16.7 Å². The summed E-state index contributed by atoms with van der Waals surface area (Å²) in [6.45, 7) is 6.40. The molecule has 1 aromatic rings. The van der Waals surface area contributed by atoms with Gasteiger partial charge in [-0.15, -0.1) is 0 Å². The van der Waals surface area contributed by atoms with Gasteiger partial charge in [-0.3, -0.25) is 0 Å². The van der Waals surface area contributed by atoms with Crippen molar-refractivity contribution in [3.8, 4) is 0 Å². The van der Waals surface area contributed by atoms with Gasteiger partial charge in [0, 0.05) is 5.92 Å². The van der Waals surface area contributed by atoms with Crippen LogP contribution in [0.4, 0.5) is 0 Å². The molecule has 0 aromatic heterocycles. The quantitative estimate of drug-likeness (QED) is 0.691. The summed E-state index contributed by atoms with van der Waals surface area (Å²) in [4.78, 5) is 0. The van der Waals surface area contributed by atoms with Crippen molar-refractivity contribution in [1.82, 2.24) is 0 Å². The number of aryl methyl sites for hydroxylation is 1. The van der Waals surface area contributed by atoms with Gasteiger partial charge >= 0.3 is 0 Å². The first kappa shape index (κ1) is 12.6. The number of allylic oxidation sites excluding steroid dienone is 1. The molecule has 1 aromatic carbocycles. The molecule has 0 heterocycles. The molecule has 0 amide bonds. The highest BCUT2D eigenvalue weighted by atomic mass is 35.5. The Balaban J connectivity index is 3.13. The van der Waals surface area contributed by atoms with Gasteiger partial charge in [-0.1, -0.05) is 48.3 Å². The van der Waals surface area contributed by atoms with E-state index in [1.54, 1.807) is 0 Å². The molecule has 0 nitrogen and oxygen atoms in total. The Bertz CT molecular complexity index is 363. The fourth-order valence-corrected chi connectivity index (χ4v) is 2.06. The monoisotopic (exact) mass is 242 g/mol. The van der Waals surface area contributed by atoms with E-state index in [0.717, 1.165) is 6.42 Å². The maximum Gasteiger partial charge on any atom is 0.103 e. The van der Waals surface area contributed by atoms with E-state index in [4.69, 9.17) is 23.2 Å². The second-order valence-corrected chi connectivity index (χ2v) is 4.77. The second kappa shape index (κ2) is 5.58. The average Bonchev–Trinajstić information content (AvgIpc) is 2.19. The van der Waals surface area contributed by atoms with Crippen LogP contribution >= 0.6 is 23.2 Å². The summed E-state index contributed by atoms with van der Waals surface area (Å²) in [5.74, 6) is 0.315. The van der Waals surface area contributed by atoms with E-state index in [1.807, 2.05) is 6.08 Å². The molecule has 0 bridgehead atoms. The van der Waals surface area contributed by atoms with Gasteiger partial charge in [-0.2, -0.15) is 0 Å². The summed E-state index contributed by atoms with van der Waals surface area (Å²) in [7, 11) is 0. The molecular formula is C13H16Cl2. The zero-order valence-corrected chi connectivity index (χ0v) is 10.9. The van der Waals surface area contributed by atoms with Gasteiger partial charge in [0.1, 0.15) is 4.49 Å². The average molecular weight is 243 g/mol. The summed E-state index contributed by atoms with van der Waals surface area (Å²) < 4.78 is 0.350. The molecular weight excluding hydrogens is 227 g/mol. The lowest BCUT2D eigenvalue weighted by Gasteiger charge is -2.15. The smallest absolute Gasteiger partial charge is 0.0712 e. The lowest BCUT2D eigenvalue weighted by molar-refractivity contribution is 0.797. The molecule has 0 N–H and O–H groups in total. The van der Waals surface area contributed by atoms with Gasteiger partial charge in [0.05, 0.1) is 0 Å². The number of rotatable bonds is 3. The van der Waals surface area contributed by atoms with E-state index < -0.39 is 0 Å². The van der Waals surface area contributed by atoms with E-state index in [2.05, 4.69) is 39.0 Å². The molecule has 0 fully saturated rings. The molecule has 2 heteroatoms. The Labute approximate surface area is 102 Å². The molecule has 15 heavy (non-hydrogen) atoms. The van der Waals surface area contributed by atoms with E-state index in [0.29, 0.717) is 10.4 Å². The number of halogens is 2. The molecule has 0 spiro atoms. The van der Waals surface area contributed by atoms with Crippen LogP contribution < -0.4 is 0 Å². The normalized spacial score (nSPS) is 12.3. The summed E-state index contributed by atoms with van der Waals surface area (Å²) in [5.41, 5.74) is 3.96. The number of hydrogen-bond donors (Lipinski definition) is 0. The third-order valence-electron chi connectivity index (χ3n) is 2.81. The van der Waals surface area contributed by atoms with E-state index in [-0.39, 0.29) is 0 Å². The molecule has 0 aliphatic heterocycles. The standard InChI is InChI=1S/C13H16Cl2/c1-4-11(8-13(14)15)12-7-5-6-9(2)10(12)3/h5-8,11H,4H2,1-3H3. The van der Waals surface area contributed by atoms with Crippen LogP contribution in [0.15, 0.2) is 28.8 Å². The molecule has 1 atom stereocenters. The van der Waals surface area contributed by atoms with Gasteiger partial charge in [0.2, 0.25) is 0 Å². The molecule has 1 unspecified atom stereocenters. The fraction of sp³-hybridized carbons (Fsp3) is 0.385. The van der Waals surface area contributed by atoms with Crippen molar-refractivity contribution in [2.75, 3.05) is 0 Å². The maximum absolute atomic E-state index is 5.72. The van der Waals surface area contributed by atoms with Crippen molar-refractivity contribution in [3.63, 3.8) is 0 Å². The van der Waals surface area contributed by atoms with Crippen molar-refractivity contribution in [1.29, 1.82) is 0 Å². The van der Waals surface area contributed by atoms with Crippen LogP contribution in [-0.2, 0) is 0 Å². The van der Waals surface area contributed by atoms with Crippen LogP contribution in [0, 0.1) is 13.8 Å². The topological polar surface area (TPSA) is 0 Å². The fourth-order valence-electron chi connectivity index (χ4n) is 1.76. The highest BCUT2D eigenvalue weighted by molar-refractivity contribution is 6.55. The van der Waals surface area contributed by atoms with Crippen LogP contribution in [0.1, 0.15) is 36.0 Å². The van der Waals surface area contributed by atoms with Crippen LogP contribution in [0.25, 0.3) is 0 Å². The van der Waals surface area contributed by atoms with Crippen molar-refractivity contribution in [3.05, 3.63) is 45.5 Å². The highest BCUT2D eigenvalue weighted by Crippen LogP contribution is 2.28. The van der Waals surface area contributed by atoms with Crippen molar-refractivity contribution in [2.24, 2.45) is 0 Å². The first-order chi connectivity index (χ1) is 7.06. The van der Waals surface area contributed by atoms with Crippen LogP contribution in [-0.4, -0.2) is 0 Å². The van der Waals surface area contributed by atoms with Crippen molar-refractivity contribution < 1.29 is 0 Å².